The number of halogens is 1. The zero-order valence-corrected chi connectivity index (χ0v) is 13.6. The summed E-state index contributed by atoms with van der Waals surface area (Å²) in [5.41, 5.74) is 1.11. The van der Waals surface area contributed by atoms with Crippen molar-refractivity contribution in [3.05, 3.63) is 16.7 Å². The van der Waals surface area contributed by atoms with E-state index in [-0.39, 0.29) is 5.54 Å². The molecule has 0 saturated carbocycles. The van der Waals surface area contributed by atoms with Gasteiger partial charge in [0.15, 0.2) is 5.15 Å². The van der Waals surface area contributed by atoms with Gasteiger partial charge in [0, 0.05) is 25.0 Å². The highest BCUT2D eigenvalue weighted by Crippen LogP contribution is 2.15. The topological polar surface area (TPSA) is 44.0 Å². The number of aromatic amines is 1. The van der Waals surface area contributed by atoms with Gasteiger partial charge in [0.1, 0.15) is 5.82 Å². The van der Waals surface area contributed by atoms with Crippen molar-refractivity contribution in [2.45, 2.75) is 52.1 Å². The Balaban J connectivity index is 2.47. The molecule has 0 amide bonds. The fraction of sp³-hybridized carbons (Fsp3) is 0.786. The van der Waals surface area contributed by atoms with Gasteiger partial charge in [0.25, 0.3) is 0 Å². The van der Waals surface area contributed by atoms with Gasteiger partial charge >= 0.3 is 0 Å². The van der Waals surface area contributed by atoms with Gasteiger partial charge < -0.3 is 15.2 Å². The second kappa shape index (κ2) is 7.27. The van der Waals surface area contributed by atoms with Gasteiger partial charge in [-0.1, -0.05) is 24.9 Å². The van der Waals surface area contributed by atoms with Crippen molar-refractivity contribution in [1.82, 2.24) is 20.2 Å². The summed E-state index contributed by atoms with van der Waals surface area (Å²) in [7, 11) is 4.18. The first-order valence-electron chi connectivity index (χ1n) is 6.98. The van der Waals surface area contributed by atoms with Crippen molar-refractivity contribution in [3.8, 4) is 0 Å². The number of rotatable bonds is 8. The number of likely N-dealkylation sites (N-methyl/N-ethyl adjacent to an activating group) is 1. The molecular weight excluding hydrogens is 260 g/mol. The maximum Gasteiger partial charge on any atom is 0.151 e. The van der Waals surface area contributed by atoms with Crippen molar-refractivity contribution in [1.29, 1.82) is 0 Å². The maximum absolute atomic E-state index is 6.14. The number of unbranched alkanes of at least 4 members (excludes halogenated alkanes) is 1. The van der Waals surface area contributed by atoms with Crippen molar-refractivity contribution >= 4 is 11.6 Å². The zero-order chi connectivity index (χ0) is 14.5. The first kappa shape index (κ1) is 16.5. The monoisotopic (exact) mass is 286 g/mol. The van der Waals surface area contributed by atoms with E-state index in [0.717, 1.165) is 37.4 Å². The summed E-state index contributed by atoms with van der Waals surface area (Å²) in [6, 6.07) is 0. The quantitative estimate of drug-likeness (QED) is 0.772. The SMILES string of the molecule is CCCCc1nc(Cl)c(CNCC(C)(C)N(C)C)[nH]1. The maximum atomic E-state index is 6.14. The fourth-order valence-electron chi connectivity index (χ4n) is 1.67. The molecule has 0 fully saturated rings. The molecule has 0 aliphatic rings. The molecule has 0 aliphatic carbocycles. The van der Waals surface area contributed by atoms with Crippen LogP contribution in [0.3, 0.4) is 0 Å². The van der Waals surface area contributed by atoms with Crippen LogP contribution in [0.4, 0.5) is 0 Å². The van der Waals surface area contributed by atoms with E-state index in [9.17, 15) is 0 Å². The number of aromatic nitrogens is 2. The third-order valence-electron chi connectivity index (χ3n) is 3.61. The molecule has 1 aromatic rings. The van der Waals surface area contributed by atoms with Gasteiger partial charge in [-0.2, -0.15) is 0 Å². The Morgan fingerprint density at radius 2 is 2.05 bits per heavy atom. The van der Waals surface area contributed by atoms with E-state index >= 15 is 0 Å². The summed E-state index contributed by atoms with van der Waals surface area (Å²) in [5, 5.41) is 4.03. The highest BCUT2D eigenvalue weighted by atomic mass is 35.5. The van der Waals surface area contributed by atoms with Crippen LogP contribution in [-0.2, 0) is 13.0 Å². The fourth-order valence-corrected chi connectivity index (χ4v) is 1.89. The van der Waals surface area contributed by atoms with Crippen LogP contribution in [-0.4, -0.2) is 41.0 Å². The number of hydrogen-bond donors (Lipinski definition) is 2. The van der Waals surface area contributed by atoms with Crippen molar-refractivity contribution in [3.63, 3.8) is 0 Å². The second-order valence-corrected chi connectivity index (χ2v) is 6.22. The molecule has 0 saturated heterocycles. The van der Waals surface area contributed by atoms with Crippen molar-refractivity contribution < 1.29 is 0 Å². The molecule has 1 aromatic heterocycles. The summed E-state index contributed by atoms with van der Waals surface area (Å²) >= 11 is 6.14. The van der Waals surface area contributed by atoms with Crippen LogP contribution in [0, 0.1) is 0 Å². The Bertz CT molecular complexity index is 385. The minimum absolute atomic E-state index is 0.123. The molecule has 5 heteroatoms. The first-order valence-corrected chi connectivity index (χ1v) is 7.36. The predicted molar refractivity (Wildman–Crippen MR) is 81.7 cm³/mol. The van der Waals surface area contributed by atoms with Gasteiger partial charge in [-0.3, -0.25) is 0 Å². The molecule has 19 heavy (non-hydrogen) atoms. The number of hydrogen-bond acceptors (Lipinski definition) is 3. The Kier molecular flexibility index (Phi) is 6.30. The van der Waals surface area contributed by atoms with E-state index in [2.05, 4.69) is 55.1 Å². The first-order chi connectivity index (χ1) is 8.86. The molecule has 2 N–H and O–H groups in total. The van der Waals surface area contributed by atoms with Crippen molar-refractivity contribution in [2.24, 2.45) is 0 Å². The van der Waals surface area contributed by atoms with E-state index in [1.807, 2.05) is 0 Å². The highest BCUT2D eigenvalue weighted by Gasteiger charge is 2.19. The second-order valence-electron chi connectivity index (χ2n) is 5.87. The third kappa shape index (κ3) is 5.13. The van der Waals surface area contributed by atoms with Gasteiger partial charge in [-0.25, -0.2) is 4.98 Å². The Labute approximate surface area is 121 Å². The van der Waals surface area contributed by atoms with Gasteiger partial charge in [-0.05, 0) is 34.4 Å². The Morgan fingerprint density at radius 1 is 1.37 bits per heavy atom. The molecule has 110 valence electrons. The lowest BCUT2D eigenvalue weighted by molar-refractivity contribution is 0.189. The van der Waals surface area contributed by atoms with E-state index in [0.29, 0.717) is 5.15 Å². The molecule has 0 spiro atoms. The van der Waals surface area contributed by atoms with Gasteiger partial charge in [0.2, 0.25) is 0 Å². The van der Waals surface area contributed by atoms with Gasteiger partial charge in [-0.15, -0.1) is 0 Å². The van der Waals surface area contributed by atoms with E-state index < -0.39 is 0 Å². The van der Waals surface area contributed by atoms with E-state index in [4.69, 9.17) is 11.6 Å². The highest BCUT2D eigenvalue weighted by molar-refractivity contribution is 6.30. The van der Waals surface area contributed by atoms with Crippen molar-refractivity contribution in [2.75, 3.05) is 20.6 Å². The van der Waals surface area contributed by atoms with E-state index in [1.165, 1.54) is 6.42 Å². The molecule has 0 aromatic carbocycles. The molecule has 1 rings (SSSR count). The number of nitrogens with one attached hydrogen (secondary N) is 2. The lowest BCUT2D eigenvalue weighted by Gasteiger charge is -2.32. The molecular formula is C14H27ClN4. The summed E-state index contributed by atoms with van der Waals surface area (Å²) < 4.78 is 0. The van der Waals surface area contributed by atoms with E-state index in [1.54, 1.807) is 0 Å². The Morgan fingerprint density at radius 3 is 2.63 bits per heavy atom. The van der Waals surface area contributed by atoms with Crippen LogP contribution < -0.4 is 5.32 Å². The Hall–Kier alpha value is -0.580. The summed E-state index contributed by atoms with van der Waals surface area (Å²) in [4.78, 5) is 9.88. The molecule has 0 aliphatic heterocycles. The number of H-pyrrole nitrogens is 1. The minimum atomic E-state index is 0.123. The van der Waals surface area contributed by atoms with Crippen LogP contribution >= 0.6 is 11.6 Å². The minimum Gasteiger partial charge on any atom is -0.344 e. The molecule has 0 radical (unpaired) electrons. The van der Waals surface area contributed by atoms with Crippen LogP contribution in [0.2, 0.25) is 5.15 Å². The van der Waals surface area contributed by atoms with Crippen LogP contribution in [0.15, 0.2) is 0 Å². The lowest BCUT2D eigenvalue weighted by Crippen LogP contribution is -2.46. The van der Waals surface area contributed by atoms with Gasteiger partial charge in [0.05, 0.1) is 5.69 Å². The largest absolute Gasteiger partial charge is 0.344 e. The molecule has 0 unspecified atom stereocenters. The van der Waals surface area contributed by atoms with Crippen LogP contribution in [0.1, 0.15) is 45.1 Å². The number of aryl methyl sites for hydroxylation is 1. The molecule has 0 atom stereocenters. The summed E-state index contributed by atoms with van der Waals surface area (Å²) in [6.07, 6.45) is 3.28. The third-order valence-corrected chi connectivity index (χ3v) is 3.93. The molecule has 0 bridgehead atoms. The lowest BCUT2D eigenvalue weighted by atomic mass is 10.0. The molecule has 1 heterocycles. The predicted octanol–water partition coefficient (Wildman–Crippen LogP) is 2.84. The van der Waals surface area contributed by atoms with Crippen LogP contribution in [0.25, 0.3) is 0 Å². The molecule has 4 nitrogen and oxygen atoms in total. The standard InChI is InChI=1S/C14H27ClN4/c1-6-7-8-12-17-11(13(15)18-12)9-16-10-14(2,3)19(4)5/h16H,6-10H2,1-5H3,(H,17,18). The summed E-state index contributed by atoms with van der Waals surface area (Å²) in [5.74, 6) is 0.996. The number of imidazole rings is 1. The number of nitrogens with zero attached hydrogens (tertiary/aromatic N) is 2. The summed E-state index contributed by atoms with van der Waals surface area (Å²) in [6.45, 7) is 8.23. The smallest absolute Gasteiger partial charge is 0.151 e. The van der Waals surface area contributed by atoms with Crippen LogP contribution in [0.5, 0.6) is 0 Å². The normalized spacial score (nSPS) is 12.4. The average molecular weight is 287 g/mol. The average Bonchev–Trinajstić information content (AvgIpc) is 2.67. The zero-order valence-electron chi connectivity index (χ0n) is 12.8.